The maximum absolute atomic E-state index is 13.1. The summed E-state index contributed by atoms with van der Waals surface area (Å²) in [6.45, 7) is 6.87. The van der Waals surface area contributed by atoms with Crippen LogP contribution in [0.2, 0.25) is 0 Å². The fourth-order valence-corrected chi connectivity index (χ4v) is 3.93. The van der Waals surface area contributed by atoms with Crippen LogP contribution in [0.4, 0.5) is 0 Å². The van der Waals surface area contributed by atoms with Gasteiger partial charge in [0, 0.05) is 11.1 Å². The van der Waals surface area contributed by atoms with Crippen molar-refractivity contribution >= 4 is 16.9 Å². The third-order valence-corrected chi connectivity index (χ3v) is 5.56. The fourth-order valence-electron chi connectivity index (χ4n) is 3.93. The van der Waals surface area contributed by atoms with Crippen molar-refractivity contribution in [1.29, 1.82) is 0 Å². The number of nitrogens with zero attached hydrogens (tertiary/aromatic N) is 1. The van der Waals surface area contributed by atoms with Gasteiger partial charge in [0.2, 0.25) is 0 Å². The van der Waals surface area contributed by atoms with Crippen molar-refractivity contribution in [2.24, 2.45) is 0 Å². The third kappa shape index (κ3) is 3.66. The van der Waals surface area contributed by atoms with Gasteiger partial charge in [-0.2, -0.15) is 0 Å². The predicted molar refractivity (Wildman–Crippen MR) is 113 cm³/mol. The second-order valence-electron chi connectivity index (χ2n) is 8.66. The Balaban J connectivity index is 1.61. The Morgan fingerprint density at radius 2 is 1.71 bits per heavy atom. The zero-order valence-corrected chi connectivity index (χ0v) is 16.9. The van der Waals surface area contributed by atoms with Gasteiger partial charge in [-0.25, -0.2) is 4.79 Å². The summed E-state index contributed by atoms with van der Waals surface area (Å²) >= 11 is 0. The van der Waals surface area contributed by atoms with E-state index in [4.69, 9.17) is 9.72 Å². The summed E-state index contributed by atoms with van der Waals surface area (Å²) in [6.07, 6.45) is 4.07. The van der Waals surface area contributed by atoms with Crippen LogP contribution in [0.1, 0.15) is 66.4 Å². The van der Waals surface area contributed by atoms with Crippen LogP contribution in [0, 0.1) is 0 Å². The lowest BCUT2D eigenvalue weighted by atomic mass is 9.87. The van der Waals surface area contributed by atoms with Crippen molar-refractivity contribution in [2.45, 2.75) is 58.5 Å². The minimum Gasteiger partial charge on any atom is -0.457 e. The number of hydrogen-bond acceptors (Lipinski definition) is 3. The normalized spacial score (nSPS) is 14.0. The molecule has 1 aliphatic rings. The Morgan fingerprint density at radius 3 is 2.46 bits per heavy atom. The van der Waals surface area contributed by atoms with E-state index in [1.54, 1.807) is 0 Å². The Morgan fingerprint density at radius 1 is 1.00 bits per heavy atom. The number of carbonyl (C=O) groups excluding carboxylic acids is 1. The lowest BCUT2D eigenvalue weighted by molar-refractivity contribution is 0.0473. The van der Waals surface area contributed by atoms with E-state index < -0.39 is 0 Å². The van der Waals surface area contributed by atoms with Crippen LogP contribution in [-0.4, -0.2) is 11.0 Å². The predicted octanol–water partition coefficient (Wildman–Crippen LogP) is 5.77. The van der Waals surface area contributed by atoms with Crippen molar-refractivity contribution < 1.29 is 9.53 Å². The van der Waals surface area contributed by atoms with Gasteiger partial charge in [-0.3, -0.25) is 4.98 Å². The first-order chi connectivity index (χ1) is 13.4. The smallest absolute Gasteiger partial charge is 0.339 e. The van der Waals surface area contributed by atoms with E-state index in [0.29, 0.717) is 5.56 Å². The SMILES string of the molecule is CC(C)(C)c1ccc(COC(=O)c2c3c(nc4ccccc24)CCCC3)cc1. The highest BCUT2D eigenvalue weighted by atomic mass is 16.5. The number of esters is 1. The largest absolute Gasteiger partial charge is 0.457 e. The quantitative estimate of drug-likeness (QED) is 0.547. The molecule has 1 heterocycles. The molecular formula is C25H27NO2. The molecule has 3 aromatic rings. The molecule has 0 amide bonds. The molecule has 2 aromatic carbocycles. The molecule has 0 radical (unpaired) electrons. The topological polar surface area (TPSA) is 39.2 Å². The minimum absolute atomic E-state index is 0.115. The average molecular weight is 373 g/mol. The first-order valence-electron chi connectivity index (χ1n) is 10.1. The molecule has 0 fully saturated rings. The molecule has 144 valence electrons. The van der Waals surface area contributed by atoms with Gasteiger partial charge in [0.25, 0.3) is 0 Å². The van der Waals surface area contributed by atoms with E-state index in [1.165, 1.54) is 5.56 Å². The number of hydrogen-bond donors (Lipinski definition) is 0. The highest BCUT2D eigenvalue weighted by Gasteiger charge is 2.23. The molecule has 0 spiro atoms. The van der Waals surface area contributed by atoms with Crippen LogP contribution in [0.25, 0.3) is 10.9 Å². The highest BCUT2D eigenvalue weighted by molar-refractivity contribution is 6.05. The number of carbonyl (C=O) groups is 1. The van der Waals surface area contributed by atoms with Gasteiger partial charge in [-0.05, 0) is 53.9 Å². The number of aromatic nitrogens is 1. The molecule has 0 N–H and O–H groups in total. The standard InChI is InChI=1S/C25H27NO2/c1-25(2,3)18-14-12-17(13-15-18)16-28-24(27)23-19-8-4-6-10-21(19)26-22-11-7-5-9-20(22)23/h4,6,8,10,12-15H,5,7,9,11,16H2,1-3H3. The van der Waals surface area contributed by atoms with Gasteiger partial charge in [0.05, 0.1) is 11.1 Å². The first kappa shape index (κ1) is 18.7. The summed E-state index contributed by atoms with van der Waals surface area (Å²) in [6, 6.07) is 16.2. The van der Waals surface area contributed by atoms with Gasteiger partial charge >= 0.3 is 5.97 Å². The van der Waals surface area contributed by atoms with Gasteiger partial charge in [0.15, 0.2) is 0 Å². The molecule has 0 unspecified atom stereocenters. The van der Waals surface area contributed by atoms with Crippen LogP contribution >= 0.6 is 0 Å². The molecule has 3 heteroatoms. The molecule has 0 bridgehead atoms. The molecule has 0 saturated heterocycles. The van der Waals surface area contributed by atoms with Gasteiger partial charge < -0.3 is 4.74 Å². The number of fused-ring (bicyclic) bond motifs is 2. The molecule has 0 saturated carbocycles. The molecule has 28 heavy (non-hydrogen) atoms. The van der Waals surface area contributed by atoms with E-state index >= 15 is 0 Å². The average Bonchev–Trinajstić information content (AvgIpc) is 2.70. The van der Waals surface area contributed by atoms with E-state index in [-0.39, 0.29) is 18.0 Å². The maximum atomic E-state index is 13.1. The summed E-state index contributed by atoms with van der Waals surface area (Å²) < 4.78 is 5.75. The van der Waals surface area contributed by atoms with Crippen molar-refractivity contribution in [3.05, 3.63) is 76.5 Å². The van der Waals surface area contributed by atoms with Crippen LogP contribution in [0.3, 0.4) is 0 Å². The minimum atomic E-state index is -0.239. The number of benzene rings is 2. The van der Waals surface area contributed by atoms with Crippen LogP contribution in [0.15, 0.2) is 48.5 Å². The number of rotatable bonds is 3. The molecule has 1 aliphatic carbocycles. The van der Waals surface area contributed by atoms with Gasteiger partial charge in [-0.15, -0.1) is 0 Å². The highest BCUT2D eigenvalue weighted by Crippen LogP contribution is 2.30. The van der Waals surface area contributed by atoms with E-state index in [2.05, 4.69) is 32.9 Å². The van der Waals surface area contributed by atoms with Crippen LogP contribution < -0.4 is 0 Å². The molecule has 0 atom stereocenters. The second-order valence-corrected chi connectivity index (χ2v) is 8.66. The summed E-state index contributed by atoms with van der Waals surface area (Å²) in [5.74, 6) is -0.239. The monoisotopic (exact) mass is 373 g/mol. The van der Waals surface area contributed by atoms with Crippen molar-refractivity contribution in [3.63, 3.8) is 0 Å². The zero-order valence-electron chi connectivity index (χ0n) is 16.9. The number of ether oxygens (including phenoxy) is 1. The Bertz CT molecular complexity index is 1010. The molecular weight excluding hydrogens is 346 g/mol. The molecule has 4 rings (SSSR count). The number of aryl methyl sites for hydroxylation is 1. The van der Waals surface area contributed by atoms with Crippen molar-refractivity contribution in [2.75, 3.05) is 0 Å². The third-order valence-electron chi connectivity index (χ3n) is 5.56. The summed E-state index contributed by atoms with van der Waals surface area (Å²) in [7, 11) is 0. The van der Waals surface area contributed by atoms with Crippen LogP contribution in [0.5, 0.6) is 0 Å². The lowest BCUT2D eigenvalue weighted by Gasteiger charge is -2.20. The molecule has 1 aromatic heterocycles. The van der Waals surface area contributed by atoms with E-state index in [1.807, 2.05) is 36.4 Å². The molecule has 3 nitrogen and oxygen atoms in total. The summed E-state index contributed by atoms with van der Waals surface area (Å²) in [4.78, 5) is 17.9. The lowest BCUT2D eigenvalue weighted by Crippen LogP contribution is -2.15. The first-order valence-corrected chi connectivity index (χ1v) is 10.1. The van der Waals surface area contributed by atoms with Crippen molar-refractivity contribution in [1.82, 2.24) is 4.98 Å². The van der Waals surface area contributed by atoms with Gasteiger partial charge in [0.1, 0.15) is 6.61 Å². The Kier molecular flexibility index (Phi) is 4.92. The fraction of sp³-hybridized carbons (Fsp3) is 0.360. The van der Waals surface area contributed by atoms with E-state index in [0.717, 1.165) is 53.4 Å². The maximum Gasteiger partial charge on any atom is 0.339 e. The second kappa shape index (κ2) is 7.38. The van der Waals surface area contributed by atoms with Gasteiger partial charge in [-0.1, -0.05) is 63.2 Å². The Labute approximate surface area is 166 Å². The number of pyridine rings is 1. The number of para-hydroxylation sites is 1. The van der Waals surface area contributed by atoms with E-state index in [9.17, 15) is 4.79 Å². The molecule has 0 aliphatic heterocycles. The summed E-state index contributed by atoms with van der Waals surface area (Å²) in [5.41, 5.74) is 6.13. The zero-order chi connectivity index (χ0) is 19.7. The Hall–Kier alpha value is -2.68. The summed E-state index contributed by atoms with van der Waals surface area (Å²) in [5, 5.41) is 0.899. The van der Waals surface area contributed by atoms with Crippen molar-refractivity contribution in [3.8, 4) is 0 Å². The van der Waals surface area contributed by atoms with Crippen LogP contribution in [-0.2, 0) is 29.6 Å².